The molecule has 0 atom stereocenters. The lowest BCUT2D eigenvalue weighted by Gasteiger charge is -2.12. The Balaban J connectivity index is 2.09. The third-order valence-electron chi connectivity index (χ3n) is 3.58. The minimum atomic E-state index is -0.379. The number of para-hydroxylation sites is 2. The van der Waals surface area contributed by atoms with Crippen molar-refractivity contribution in [1.82, 2.24) is 10.6 Å². The van der Waals surface area contributed by atoms with Crippen LogP contribution in [0.25, 0.3) is 0 Å². The predicted molar refractivity (Wildman–Crippen MR) is 97.7 cm³/mol. The van der Waals surface area contributed by atoms with Crippen molar-refractivity contribution in [2.45, 2.75) is 20.0 Å². The molecule has 0 saturated heterocycles. The minimum Gasteiger partial charge on any atom is -0.496 e. The zero-order valence-corrected chi connectivity index (χ0v) is 14.4. The zero-order chi connectivity index (χ0) is 18.1. The highest BCUT2D eigenvalue weighted by Gasteiger charge is 2.12. The Morgan fingerprint density at radius 3 is 2.48 bits per heavy atom. The lowest BCUT2D eigenvalue weighted by molar-refractivity contribution is -0.385. The Labute approximate surface area is 146 Å². The van der Waals surface area contributed by atoms with Crippen LogP contribution in [0, 0.1) is 10.1 Å². The SMILES string of the molecule is CCNC(=NCc1ccccc1OC)NCc1ccccc1[N+](=O)[O-]. The standard InChI is InChI=1S/C18H22N4O3/c1-3-19-18(21-13-15-9-5-7-11-17(15)25-2)20-12-14-8-4-6-10-16(14)22(23)24/h4-11H,3,12-13H2,1-2H3,(H2,19,20,21). The lowest BCUT2D eigenvalue weighted by Crippen LogP contribution is -2.36. The number of nitro benzene ring substituents is 1. The molecule has 0 heterocycles. The summed E-state index contributed by atoms with van der Waals surface area (Å²) in [6, 6.07) is 14.3. The molecule has 0 aliphatic rings. The highest BCUT2D eigenvalue weighted by atomic mass is 16.6. The monoisotopic (exact) mass is 342 g/mol. The topological polar surface area (TPSA) is 88.8 Å². The average molecular weight is 342 g/mol. The van der Waals surface area contributed by atoms with Gasteiger partial charge < -0.3 is 15.4 Å². The summed E-state index contributed by atoms with van der Waals surface area (Å²) < 4.78 is 5.32. The molecule has 7 heteroatoms. The summed E-state index contributed by atoms with van der Waals surface area (Å²) in [7, 11) is 1.63. The van der Waals surface area contributed by atoms with E-state index >= 15 is 0 Å². The van der Waals surface area contributed by atoms with Crippen molar-refractivity contribution in [2.75, 3.05) is 13.7 Å². The molecular formula is C18H22N4O3. The number of aliphatic imine (C=N–C) groups is 1. The number of methoxy groups -OCH3 is 1. The van der Waals surface area contributed by atoms with Crippen LogP contribution in [0.3, 0.4) is 0 Å². The summed E-state index contributed by atoms with van der Waals surface area (Å²) in [6.07, 6.45) is 0. The number of hydrogen-bond donors (Lipinski definition) is 2. The molecule has 2 aromatic carbocycles. The molecule has 2 N–H and O–H groups in total. The van der Waals surface area contributed by atoms with E-state index in [2.05, 4.69) is 15.6 Å². The molecule has 0 amide bonds. The molecule has 25 heavy (non-hydrogen) atoms. The van der Waals surface area contributed by atoms with Crippen LogP contribution < -0.4 is 15.4 Å². The van der Waals surface area contributed by atoms with Crippen LogP contribution in [0.4, 0.5) is 5.69 Å². The van der Waals surface area contributed by atoms with Gasteiger partial charge in [0.2, 0.25) is 0 Å². The highest BCUT2D eigenvalue weighted by Crippen LogP contribution is 2.18. The van der Waals surface area contributed by atoms with Gasteiger partial charge in [-0.25, -0.2) is 4.99 Å². The van der Waals surface area contributed by atoms with E-state index in [1.165, 1.54) is 6.07 Å². The summed E-state index contributed by atoms with van der Waals surface area (Å²) in [5, 5.41) is 17.4. The van der Waals surface area contributed by atoms with Gasteiger partial charge in [-0.15, -0.1) is 0 Å². The van der Waals surface area contributed by atoms with Crippen LogP contribution >= 0.6 is 0 Å². The van der Waals surface area contributed by atoms with Crippen LogP contribution in [0.15, 0.2) is 53.5 Å². The van der Waals surface area contributed by atoms with E-state index in [1.807, 2.05) is 31.2 Å². The molecule has 0 radical (unpaired) electrons. The molecule has 0 aromatic heterocycles. The summed E-state index contributed by atoms with van der Waals surface area (Å²) in [5.41, 5.74) is 1.67. The van der Waals surface area contributed by atoms with E-state index in [9.17, 15) is 10.1 Å². The maximum Gasteiger partial charge on any atom is 0.274 e. The van der Waals surface area contributed by atoms with E-state index < -0.39 is 0 Å². The summed E-state index contributed by atoms with van der Waals surface area (Å²) in [4.78, 5) is 15.2. The molecule has 7 nitrogen and oxygen atoms in total. The summed E-state index contributed by atoms with van der Waals surface area (Å²) in [5.74, 6) is 1.37. The van der Waals surface area contributed by atoms with E-state index in [1.54, 1.807) is 25.3 Å². The largest absolute Gasteiger partial charge is 0.496 e. The average Bonchev–Trinajstić information content (AvgIpc) is 2.64. The van der Waals surface area contributed by atoms with E-state index in [0.717, 1.165) is 11.3 Å². The van der Waals surface area contributed by atoms with Crippen LogP contribution in [-0.2, 0) is 13.1 Å². The Hall–Kier alpha value is -3.09. The van der Waals surface area contributed by atoms with Gasteiger partial charge in [-0.1, -0.05) is 36.4 Å². The molecule has 0 aliphatic carbocycles. The fourth-order valence-corrected chi connectivity index (χ4v) is 2.36. The van der Waals surface area contributed by atoms with E-state index in [-0.39, 0.29) is 10.6 Å². The molecule has 2 rings (SSSR count). The normalized spacial score (nSPS) is 11.0. The molecule has 0 unspecified atom stereocenters. The number of nitrogens with zero attached hydrogens (tertiary/aromatic N) is 2. The van der Waals surface area contributed by atoms with Crippen LogP contribution in [-0.4, -0.2) is 24.5 Å². The number of ether oxygens (including phenoxy) is 1. The fraction of sp³-hybridized carbons (Fsp3) is 0.278. The van der Waals surface area contributed by atoms with Crippen molar-refractivity contribution >= 4 is 11.6 Å². The van der Waals surface area contributed by atoms with Gasteiger partial charge in [-0.3, -0.25) is 10.1 Å². The first-order valence-electron chi connectivity index (χ1n) is 8.02. The van der Waals surface area contributed by atoms with Crippen LogP contribution in [0.2, 0.25) is 0 Å². The van der Waals surface area contributed by atoms with Crippen molar-refractivity contribution in [2.24, 2.45) is 4.99 Å². The number of benzene rings is 2. The number of nitrogens with one attached hydrogen (secondary N) is 2. The quantitative estimate of drug-likeness (QED) is 0.349. The zero-order valence-electron chi connectivity index (χ0n) is 14.4. The third-order valence-corrected chi connectivity index (χ3v) is 3.58. The van der Waals surface area contributed by atoms with Gasteiger partial charge in [0, 0.05) is 30.3 Å². The summed E-state index contributed by atoms with van der Waals surface area (Å²) >= 11 is 0. The summed E-state index contributed by atoms with van der Waals surface area (Å²) in [6.45, 7) is 3.41. The first kappa shape index (κ1) is 18.3. The maximum absolute atomic E-state index is 11.1. The Kier molecular flexibility index (Phi) is 6.76. The molecule has 132 valence electrons. The van der Waals surface area contributed by atoms with Gasteiger partial charge in [-0.05, 0) is 13.0 Å². The van der Waals surface area contributed by atoms with Crippen molar-refractivity contribution in [3.8, 4) is 5.75 Å². The molecule has 2 aromatic rings. The number of rotatable bonds is 7. The second-order valence-corrected chi connectivity index (χ2v) is 5.25. The number of hydrogen-bond acceptors (Lipinski definition) is 4. The Morgan fingerprint density at radius 2 is 1.80 bits per heavy atom. The highest BCUT2D eigenvalue weighted by molar-refractivity contribution is 5.79. The van der Waals surface area contributed by atoms with Gasteiger partial charge in [0.15, 0.2) is 5.96 Å². The second-order valence-electron chi connectivity index (χ2n) is 5.25. The molecule has 0 aliphatic heterocycles. The minimum absolute atomic E-state index is 0.0931. The van der Waals surface area contributed by atoms with E-state index in [0.29, 0.717) is 31.2 Å². The lowest BCUT2D eigenvalue weighted by atomic mass is 10.2. The van der Waals surface area contributed by atoms with Crippen molar-refractivity contribution in [1.29, 1.82) is 0 Å². The molecule has 0 saturated carbocycles. The van der Waals surface area contributed by atoms with Gasteiger partial charge in [0.05, 0.1) is 18.6 Å². The van der Waals surface area contributed by atoms with Crippen LogP contribution in [0.5, 0.6) is 5.75 Å². The fourth-order valence-electron chi connectivity index (χ4n) is 2.36. The molecular weight excluding hydrogens is 320 g/mol. The second kappa shape index (κ2) is 9.27. The van der Waals surface area contributed by atoms with Crippen molar-refractivity contribution in [3.05, 3.63) is 69.8 Å². The first-order valence-corrected chi connectivity index (χ1v) is 8.02. The maximum atomic E-state index is 11.1. The molecule has 0 bridgehead atoms. The Bertz CT molecular complexity index is 747. The van der Waals surface area contributed by atoms with Gasteiger partial charge in [0.25, 0.3) is 5.69 Å². The van der Waals surface area contributed by atoms with Crippen molar-refractivity contribution in [3.63, 3.8) is 0 Å². The van der Waals surface area contributed by atoms with Gasteiger partial charge in [-0.2, -0.15) is 0 Å². The van der Waals surface area contributed by atoms with Crippen LogP contribution in [0.1, 0.15) is 18.1 Å². The number of nitro groups is 1. The molecule has 0 spiro atoms. The van der Waals surface area contributed by atoms with Crippen molar-refractivity contribution < 1.29 is 9.66 Å². The van der Waals surface area contributed by atoms with E-state index in [4.69, 9.17) is 4.74 Å². The first-order chi connectivity index (χ1) is 12.2. The molecule has 0 fully saturated rings. The van der Waals surface area contributed by atoms with Gasteiger partial charge >= 0.3 is 0 Å². The Morgan fingerprint density at radius 1 is 1.12 bits per heavy atom. The van der Waals surface area contributed by atoms with Gasteiger partial charge in [0.1, 0.15) is 5.75 Å². The predicted octanol–water partition coefficient (Wildman–Crippen LogP) is 2.86. The number of guanidine groups is 1. The smallest absolute Gasteiger partial charge is 0.274 e. The third kappa shape index (κ3) is 5.20.